The van der Waals surface area contributed by atoms with Crippen molar-refractivity contribution in [3.8, 4) is 5.75 Å². The second-order valence-corrected chi connectivity index (χ2v) is 6.37. The van der Waals surface area contributed by atoms with E-state index in [1.807, 2.05) is 43.8 Å². The maximum absolute atomic E-state index is 12.9. The monoisotopic (exact) mass is 367 g/mol. The first-order chi connectivity index (χ1) is 12.9. The van der Waals surface area contributed by atoms with Crippen molar-refractivity contribution < 1.29 is 19.1 Å². The summed E-state index contributed by atoms with van der Waals surface area (Å²) in [5.74, 6) is -0.846. The van der Waals surface area contributed by atoms with Gasteiger partial charge in [0.2, 0.25) is 0 Å². The zero-order valence-corrected chi connectivity index (χ0v) is 15.4. The maximum atomic E-state index is 12.9. The second kappa shape index (κ2) is 7.49. The van der Waals surface area contributed by atoms with Gasteiger partial charge in [0, 0.05) is 24.5 Å². The Bertz CT molecular complexity index is 927. The molecule has 0 bridgehead atoms. The van der Waals surface area contributed by atoms with Crippen molar-refractivity contribution in [2.24, 2.45) is 0 Å². The summed E-state index contributed by atoms with van der Waals surface area (Å²) in [5, 5.41) is 2.22. The molecule has 1 aliphatic heterocycles. The third kappa shape index (κ3) is 3.76. The van der Waals surface area contributed by atoms with Crippen LogP contribution in [0.25, 0.3) is 6.08 Å². The summed E-state index contributed by atoms with van der Waals surface area (Å²) in [4.78, 5) is 38.3. The van der Waals surface area contributed by atoms with Crippen molar-refractivity contribution in [3.05, 3.63) is 53.9 Å². The molecule has 140 valence electrons. The third-order valence-electron chi connectivity index (χ3n) is 4.13. The molecular weight excluding hydrogens is 346 g/mol. The van der Waals surface area contributed by atoms with E-state index in [-0.39, 0.29) is 11.6 Å². The summed E-state index contributed by atoms with van der Waals surface area (Å²) in [6.45, 7) is 6.36. The van der Waals surface area contributed by atoms with Crippen molar-refractivity contribution in [3.63, 3.8) is 0 Å². The lowest BCUT2D eigenvalue weighted by molar-refractivity contribution is -0.122. The average molecular weight is 367 g/mol. The molecule has 4 amide bonds. The summed E-state index contributed by atoms with van der Waals surface area (Å²) in [6, 6.07) is 7.90. The van der Waals surface area contributed by atoms with Gasteiger partial charge in [-0.2, -0.15) is 0 Å². The minimum atomic E-state index is -0.782. The summed E-state index contributed by atoms with van der Waals surface area (Å²) in [7, 11) is 0. The fourth-order valence-electron chi connectivity index (χ4n) is 2.77. The second-order valence-electron chi connectivity index (χ2n) is 6.37. The van der Waals surface area contributed by atoms with E-state index >= 15 is 0 Å². The number of hydrogen-bond acceptors (Lipinski definition) is 4. The van der Waals surface area contributed by atoms with Crippen LogP contribution in [-0.2, 0) is 9.59 Å². The smallest absolute Gasteiger partial charge is 0.335 e. The van der Waals surface area contributed by atoms with Gasteiger partial charge in [0.05, 0.1) is 12.3 Å². The van der Waals surface area contributed by atoms with Gasteiger partial charge in [0.25, 0.3) is 11.8 Å². The van der Waals surface area contributed by atoms with Crippen LogP contribution in [0.4, 0.5) is 10.5 Å². The molecule has 7 nitrogen and oxygen atoms in total. The van der Waals surface area contributed by atoms with Crippen LogP contribution in [-0.4, -0.2) is 29.0 Å². The predicted molar refractivity (Wildman–Crippen MR) is 101 cm³/mol. The number of nitrogens with zero attached hydrogens (tertiary/aromatic N) is 2. The molecule has 0 saturated carbocycles. The molecule has 0 spiro atoms. The number of carbonyl (C=O) groups is 3. The summed E-state index contributed by atoms with van der Waals surface area (Å²) >= 11 is 0. The molecule has 0 radical (unpaired) electrons. The Morgan fingerprint density at radius 1 is 1.19 bits per heavy atom. The lowest BCUT2D eigenvalue weighted by atomic mass is 10.1. The van der Waals surface area contributed by atoms with Gasteiger partial charge in [-0.15, -0.1) is 0 Å². The van der Waals surface area contributed by atoms with Gasteiger partial charge in [-0.25, -0.2) is 9.69 Å². The van der Waals surface area contributed by atoms with E-state index in [1.54, 1.807) is 24.3 Å². The lowest BCUT2D eigenvalue weighted by Gasteiger charge is -2.26. The van der Waals surface area contributed by atoms with Crippen molar-refractivity contribution in [1.82, 2.24) is 9.88 Å². The van der Waals surface area contributed by atoms with E-state index in [2.05, 4.69) is 5.32 Å². The van der Waals surface area contributed by atoms with E-state index in [1.165, 1.54) is 6.08 Å². The van der Waals surface area contributed by atoms with E-state index < -0.39 is 17.8 Å². The number of imide groups is 2. The van der Waals surface area contributed by atoms with Crippen LogP contribution in [0.3, 0.4) is 0 Å². The number of urea groups is 1. The number of nitrogens with one attached hydrogen (secondary N) is 1. The molecule has 1 aromatic carbocycles. The van der Waals surface area contributed by atoms with Gasteiger partial charge in [-0.05, 0) is 50.6 Å². The Morgan fingerprint density at radius 2 is 1.96 bits per heavy atom. The third-order valence-corrected chi connectivity index (χ3v) is 4.13. The number of carbonyl (C=O) groups excluding carboxylic acids is 3. The Kier molecular flexibility index (Phi) is 5.12. The van der Waals surface area contributed by atoms with E-state index in [9.17, 15) is 14.4 Å². The Balaban J connectivity index is 1.96. The van der Waals surface area contributed by atoms with Crippen LogP contribution in [0, 0.1) is 0 Å². The molecule has 7 heteroatoms. The molecule has 0 atom stereocenters. The van der Waals surface area contributed by atoms with Crippen LogP contribution in [0.5, 0.6) is 5.75 Å². The van der Waals surface area contributed by atoms with Crippen LogP contribution in [0.2, 0.25) is 0 Å². The number of rotatable bonds is 5. The van der Waals surface area contributed by atoms with Crippen molar-refractivity contribution in [1.29, 1.82) is 0 Å². The zero-order chi connectivity index (χ0) is 19.6. The molecule has 1 fully saturated rings. The number of ether oxygens (including phenoxy) is 1. The number of aromatic nitrogens is 1. The minimum Gasteiger partial charge on any atom is -0.494 e. The molecule has 1 N–H and O–H groups in total. The van der Waals surface area contributed by atoms with Gasteiger partial charge in [-0.1, -0.05) is 6.07 Å². The fraction of sp³-hybridized carbons (Fsp3) is 0.250. The normalized spacial score (nSPS) is 16.2. The summed E-state index contributed by atoms with van der Waals surface area (Å²) in [6.07, 6.45) is 5.20. The molecular formula is C20H21N3O4. The van der Waals surface area contributed by atoms with Crippen LogP contribution < -0.4 is 15.0 Å². The quantitative estimate of drug-likeness (QED) is 0.650. The molecule has 2 heterocycles. The molecule has 1 aromatic heterocycles. The van der Waals surface area contributed by atoms with E-state index in [0.717, 1.165) is 4.90 Å². The molecule has 27 heavy (non-hydrogen) atoms. The first-order valence-electron chi connectivity index (χ1n) is 8.72. The SMILES string of the molecule is CCOc1cccc(N2C(=O)NC(=O)/C(=C/c3ccn(C(C)C)c3)C2=O)c1. The Hall–Kier alpha value is -3.35. The van der Waals surface area contributed by atoms with Gasteiger partial charge in [-0.3, -0.25) is 14.9 Å². The Labute approximate surface area is 157 Å². The maximum Gasteiger partial charge on any atom is 0.335 e. The number of hydrogen-bond donors (Lipinski definition) is 1. The topological polar surface area (TPSA) is 80.6 Å². The number of anilines is 1. The standard InChI is InChI=1S/C20H21N3O4/c1-4-27-16-7-5-6-15(11-16)23-19(25)17(18(24)21-20(23)26)10-14-8-9-22(12-14)13(2)3/h5-13H,4H2,1-3H3,(H,21,24,26)/b17-10-. The van der Waals surface area contributed by atoms with Crippen LogP contribution in [0.1, 0.15) is 32.4 Å². The lowest BCUT2D eigenvalue weighted by Crippen LogP contribution is -2.54. The molecule has 1 saturated heterocycles. The Morgan fingerprint density at radius 3 is 2.63 bits per heavy atom. The van der Waals surface area contributed by atoms with Gasteiger partial charge < -0.3 is 9.30 Å². The van der Waals surface area contributed by atoms with Gasteiger partial charge in [0.15, 0.2) is 0 Å². The first kappa shape index (κ1) is 18.4. The highest BCUT2D eigenvalue weighted by atomic mass is 16.5. The van der Waals surface area contributed by atoms with E-state index in [4.69, 9.17) is 4.74 Å². The average Bonchev–Trinajstić information content (AvgIpc) is 3.08. The van der Waals surface area contributed by atoms with Crippen molar-refractivity contribution in [2.45, 2.75) is 26.8 Å². The number of amides is 4. The van der Waals surface area contributed by atoms with Crippen LogP contribution >= 0.6 is 0 Å². The molecule has 0 unspecified atom stereocenters. The van der Waals surface area contributed by atoms with E-state index in [0.29, 0.717) is 23.6 Å². The van der Waals surface area contributed by atoms with Gasteiger partial charge >= 0.3 is 6.03 Å². The highest BCUT2D eigenvalue weighted by molar-refractivity contribution is 6.39. The highest BCUT2D eigenvalue weighted by Gasteiger charge is 2.37. The largest absolute Gasteiger partial charge is 0.494 e. The predicted octanol–water partition coefficient (Wildman–Crippen LogP) is 3.13. The van der Waals surface area contributed by atoms with Crippen LogP contribution in [0.15, 0.2) is 48.3 Å². The van der Waals surface area contributed by atoms with Crippen molar-refractivity contribution in [2.75, 3.05) is 11.5 Å². The zero-order valence-electron chi connectivity index (χ0n) is 15.4. The summed E-state index contributed by atoms with van der Waals surface area (Å²) in [5.41, 5.74) is 0.944. The fourth-order valence-corrected chi connectivity index (χ4v) is 2.77. The highest BCUT2D eigenvalue weighted by Crippen LogP contribution is 2.25. The minimum absolute atomic E-state index is 0.0991. The first-order valence-corrected chi connectivity index (χ1v) is 8.72. The molecule has 3 rings (SSSR count). The molecule has 0 aliphatic carbocycles. The van der Waals surface area contributed by atoms with Gasteiger partial charge in [0.1, 0.15) is 11.3 Å². The molecule has 2 aromatic rings. The molecule has 1 aliphatic rings. The summed E-state index contributed by atoms with van der Waals surface area (Å²) < 4.78 is 7.39. The van der Waals surface area contributed by atoms with Crippen molar-refractivity contribution >= 4 is 29.6 Å². The number of benzene rings is 1. The number of barbiturate groups is 1.